The molecular weight excluding hydrogens is 527 g/mol. The molecule has 1 N–H and O–H groups in total. The molecule has 1 aliphatic rings. The summed E-state index contributed by atoms with van der Waals surface area (Å²) in [4.78, 5) is 23.5. The molecule has 204 valence electrons. The lowest BCUT2D eigenvalue weighted by Crippen LogP contribution is -2.32. The van der Waals surface area contributed by atoms with Gasteiger partial charge in [0.1, 0.15) is 10.5 Å². The van der Waals surface area contributed by atoms with Gasteiger partial charge >= 0.3 is 10.2 Å². The number of nitrogens with one attached hydrogen (secondary N) is 1. The van der Waals surface area contributed by atoms with Crippen molar-refractivity contribution in [3.63, 3.8) is 0 Å². The highest BCUT2D eigenvalue weighted by Gasteiger charge is 2.26. The number of hydrogen-bond acceptors (Lipinski definition) is 5. The highest BCUT2D eigenvalue weighted by Crippen LogP contribution is 2.38. The van der Waals surface area contributed by atoms with Crippen molar-refractivity contribution >= 4 is 43.1 Å². The van der Waals surface area contributed by atoms with E-state index < -0.39 is 15.1 Å². The predicted molar refractivity (Wildman–Crippen MR) is 157 cm³/mol. The number of fused-ring (bicyclic) bond motifs is 4. The molecular formula is C31H29FN4O3S. The highest BCUT2D eigenvalue weighted by molar-refractivity contribution is 7.86. The number of likely N-dealkylation sites (tertiary alicyclic amines) is 1. The van der Waals surface area contributed by atoms with Crippen LogP contribution in [-0.2, 0) is 10.2 Å². The van der Waals surface area contributed by atoms with E-state index in [2.05, 4.69) is 32.4 Å². The standard InChI is InChI=1S/C31H29FN4O3S/c1-5-19-6-7-23-27(12-19)34-31-29(23)30(37)26-14-24(18(2)3)25(20-13-22(17-33-16-20)40(32,38)39)15-28(26)36(31)21-8-10-35(4)11-9-21/h1,6-7,12-18,21,34H,8-11H2,2-4H3. The lowest BCUT2D eigenvalue weighted by Gasteiger charge is -2.32. The highest BCUT2D eigenvalue weighted by atomic mass is 32.3. The van der Waals surface area contributed by atoms with Gasteiger partial charge in [-0.3, -0.25) is 9.78 Å². The molecule has 1 fully saturated rings. The number of aromatic amines is 1. The number of aromatic nitrogens is 3. The zero-order valence-corrected chi connectivity index (χ0v) is 23.3. The van der Waals surface area contributed by atoms with Gasteiger partial charge in [-0.1, -0.05) is 25.8 Å². The largest absolute Gasteiger partial charge is 0.340 e. The van der Waals surface area contributed by atoms with Crippen LogP contribution < -0.4 is 5.43 Å². The maximum atomic E-state index is 14.2. The number of pyridine rings is 2. The third kappa shape index (κ3) is 4.28. The predicted octanol–water partition coefficient (Wildman–Crippen LogP) is 5.73. The molecule has 1 saturated heterocycles. The second-order valence-electron chi connectivity index (χ2n) is 10.9. The van der Waals surface area contributed by atoms with Gasteiger partial charge in [-0.05, 0) is 80.4 Å². The lowest BCUT2D eigenvalue weighted by atomic mass is 9.90. The molecule has 4 heterocycles. The van der Waals surface area contributed by atoms with E-state index in [0.717, 1.165) is 65.3 Å². The summed E-state index contributed by atoms with van der Waals surface area (Å²) in [5.41, 5.74) is 4.95. The summed E-state index contributed by atoms with van der Waals surface area (Å²) in [6, 6.07) is 10.9. The fourth-order valence-corrected chi connectivity index (χ4v) is 6.44. The maximum Gasteiger partial charge on any atom is 0.333 e. The summed E-state index contributed by atoms with van der Waals surface area (Å²) in [6.07, 6.45) is 9.98. The molecule has 0 radical (unpaired) electrons. The van der Waals surface area contributed by atoms with Crippen LogP contribution in [0.5, 0.6) is 0 Å². The average Bonchev–Trinajstić information content (AvgIpc) is 3.31. The SMILES string of the molecule is C#Cc1ccc2c(c1)[nH]c1c2c(=O)c2cc(C(C)C)c(-c3cncc(S(=O)(=O)F)c3)cc2n1C1CCN(C)CC1. The van der Waals surface area contributed by atoms with Crippen LogP contribution in [0.1, 0.15) is 49.8 Å². The first kappa shape index (κ1) is 26.2. The first-order valence-electron chi connectivity index (χ1n) is 13.3. The maximum absolute atomic E-state index is 14.2. The number of nitrogens with zero attached hydrogens (tertiary/aromatic N) is 3. The number of halogens is 1. The van der Waals surface area contributed by atoms with Crippen LogP contribution in [0.25, 0.3) is 44.0 Å². The Morgan fingerprint density at radius 3 is 2.52 bits per heavy atom. The van der Waals surface area contributed by atoms with E-state index >= 15 is 0 Å². The number of hydrogen-bond donors (Lipinski definition) is 1. The summed E-state index contributed by atoms with van der Waals surface area (Å²) in [6.45, 7) is 5.85. The third-order valence-corrected chi connectivity index (χ3v) is 8.85. The molecule has 7 nitrogen and oxygen atoms in total. The van der Waals surface area contributed by atoms with Crippen LogP contribution >= 0.6 is 0 Å². The third-order valence-electron chi connectivity index (χ3n) is 8.07. The van der Waals surface area contributed by atoms with E-state index in [1.165, 1.54) is 12.3 Å². The van der Waals surface area contributed by atoms with Gasteiger partial charge in [0.2, 0.25) is 0 Å². The van der Waals surface area contributed by atoms with Crippen molar-refractivity contribution in [1.29, 1.82) is 0 Å². The molecule has 0 atom stereocenters. The van der Waals surface area contributed by atoms with Gasteiger partial charge in [0.25, 0.3) is 0 Å². The number of terminal acetylenes is 1. The molecule has 0 amide bonds. The summed E-state index contributed by atoms with van der Waals surface area (Å²) in [7, 11) is -2.83. The van der Waals surface area contributed by atoms with Crippen molar-refractivity contribution < 1.29 is 12.3 Å². The van der Waals surface area contributed by atoms with Crippen molar-refractivity contribution in [1.82, 2.24) is 19.4 Å². The van der Waals surface area contributed by atoms with Gasteiger partial charge in [0.05, 0.1) is 10.9 Å². The van der Waals surface area contributed by atoms with Crippen molar-refractivity contribution in [3.05, 3.63) is 70.1 Å². The Labute approximate surface area is 231 Å². The molecule has 40 heavy (non-hydrogen) atoms. The van der Waals surface area contributed by atoms with E-state index in [4.69, 9.17) is 6.42 Å². The van der Waals surface area contributed by atoms with Crippen LogP contribution in [0.4, 0.5) is 3.89 Å². The Kier molecular flexibility index (Phi) is 6.28. The van der Waals surface area contributed by atoms with E-state index in [1.807, 2.05) is 44.2 Å². The van der Waals surface area contributed by atoms with Crippen LogP contribution in [0.15, 0.2) is 58.5 Å². The lowest BCUT2D eigenvalue weighted by molar-refractivity contribution is 0.226. The van der Waals surface area contributed by atoms with Crippen LogP contribution in [-0.4, -0.2) is 48.0 Å². The Morgan fingerprint density at radius 1 is 1.10 bits per heavy atom. The molecule has 1 aliphatic heterocycles. The average molecular weight is 557 g/mol. The normalized spacial score (nSPS) is 15.4. The zero-order valence-electron chi connectivity index (χ0n) is 22.5. The second kappa shape index (κ2) is 9.58. The van der Waals surface area contributed by atoms with Crippen molar-refractivity contribution in [2.45, 2.75) is 43.5 Å². The van der Waals surface area contributed by atoms with E-state index in [1.54, 1.807) is 0 Å². The van der Waals surface area contributed by atoms with Gasteiger partial charge in [0.15, 0.2) is 5.43 Å². The summed E-state index contributed by atoms with van der Waals surface area (Å²) in [5.74, 6) is 2.67. The Balaban J connectivity index is 1.74. The minimum absolute atomic E-state index is 0.00178. The Morgan fingerprint density at radius 2 is 1.85 bits per heavy atom. The summed E-state index contributed by atoms with van der Waals surface area (Å²) < 4.78 is 39.5. The molecule has 0 aliphatic carbocycles. The number of H-pyrrole nitrogens is 1. The monoisotopic (exact) mass is 556 g/mol. The molecule has 0 spiro atoms. The van der Waals surface area contributed by atoms with Gasteiger partial charge in [-0.2, -0.15) is 8.42 Å². The first-order chi connectivity index (χ1) is 19.1. The zero-order chi connectivity index (χ0) is 28.3. The second-order valence-corrected chi connectivity index (χ2v) is 12.3. The first-order valence-corrected chi connectivity index (χ1v) is 14.7. The molecule has 3 aromatic heterocycles. The fraction of sp³-hybridized carbons (Fsp3) is 0.290. The molecule has 2 aromatic carbocycles. The van der Waals surface area contributed by atoms with Crippen LogP contribution in [0, 0.1) is 12.3 Å². The molecule has 0 bridgehead atoms. The summed E-state index contributed by atoms with van der Waals surface area (Å²) in [5, 5.41) is 2.03. The minimum Gasteiger partial charge on any atom is -0.340 e. The van der Waals surface area contributed by atoms with Gasteiger partial charge in [0, 0.05) is 45.9 Å². The van der Waals surface area contributed by atoms with Crippen molar-refractivity contribution in [2.24, 2.45) is 0 Å². The van der Waals surface area contributed by atoms with Crippen molar-refractivity contribution in [3.8, 4) is 23.5 Å². The van der Waals surface area contributed by atoms with E-state index in [9.17, 15) is 17.1 Å². The quantitative estimate of drug-likeness (QED) is 0.226. The smallest absolute Gasteiger partial charge is 0.333 e. The minimum atomic E-state index is -4.94. The van der Waals surface area contributed by atoms with Crippen molar-refractivity contribution in [2.75, 3.05) is 20.1 Å². The van der Waals surface area contributed by atoms with Gasteiger partial charge in [-0.15, -0.1) is 10.3 Å². The Bertz CT molecular complexity index is 2030. The van der Waals surface area contributed by atoms with E-state index in [-0.39, 0.29) is 17.4 Å². The molecule has 0 saturated carbocycles. The van der Waals surface area contributed by atoms with Crippen LogP contribution in [0.3, 0.4) is 0 Å². The fourth-order valence-electron chi connectivity index (χ4n) is 5.98. The van der Waals surface area contributed by atoms with Crippen LogP contribution in [0.2, 0.25) is 0 Å². The molecule has 9 heteroatoms. The van der Waals surface area contributed by atoms with E-state index in [0.29, 0.717) is 21.9 Å². The van der Waals surface area contributed by atoms with Gasteiger partial charge in [-0.25, -0.2) is 0 Å². The molecule has 5 aromatic rings. The topological polar surface area (TPSA) is 88.1 Å². The molecule has 6 rings (SSSR count). The number of rotatable bonds is 4. The number of piperidine rings is 1. The molecule has 0 unspecified atom stereocenters. The summed E-state index contributed by atoms with van der Waals surface area (Å²) >= 11 is 0. The van der Waals surface area contributed by atoms with Gasteiger partial charge < -0.3 is 14.5 Å². The number of benzene rings is 2. The Hall–Kier alpha value is -4.00.